The zero-order valence-corrected chi connectivity index (χ0v) is 11.4. The zero-order valence-electron chi connectivity index (χ0n) is 11.4. The molecule has 3 aromatic rings. The van der Waals surface area contributed by atoms with E-state index in [2.05, 4.69) is 42.9 Å². The van der Waals surface area contributed by atoms with Crippen molar-refractivity contribution in [2.24, 2.45) is 0 Å². The average Bonchev–Trinajstić information content (AvgIpc) is 2.76. The van der Waals surface area contributed by atoms with Crippen molar-refractivity contribution in [2.45, 2.75) is 20.8 Å². The van der Waals surface area contributed by atoms with Gasteiger partial charge < -0.3 is 10.7 Å². The van der Waals surface area contributed by atoms with Crippen LogP contribution < -0.4 is 5.73 Å². The van der Waals surface area contributed by atoms with Crippen LogP contribution in [0.4, 0.5) is 5.69 Å². The van der Waals surface area contributed by atoms with E-state index < -0.39 is 0 Å². The third kappa shape index (κ3) is 1.97. The van der Waals surface area contributed by atoms with E-state index in [0.717, 1.165) is 28.1 Å². The summed E-state index contributed by atoms with van der Waals surface area (Å²) in [6, 6.07) is 10.2. The molecule has 3 nitrogen and oxygen atoms in total. The second-order valence-electron chi connectivity index (χ2n) is 5.12. The molecule has 3 rings (SSSR count). The van der Waals surface area contributed by atoms with E-state index in [9.17, 15) is 0 Å². The lowest BCUT2D eigenvalue weighted by molar-refractivity contribution is 1.27. The van der Waals surface area contributed by atoms with Gasteiger partial charge in [0, 0.05) is 11.3 Å². The first-order chi connectivity index (χ1) is 9.04. The summed E-state index contributed by atoms with van der Waals surface area (Å²) < 4.78 is 0. The third-order valence-corrected chi connectivity index (χ3v) is 3.58. The van der Waals surface area contributed by atoms with E-state index in [1.165, 1.54) is 16.7 Å². The van der Waals surface area contributed by atoms with Crippen LogP contribution in [0.2, 0.25) is 0 Å². The molecule has 1 aromatic heterocycles. The minimum Gasteiger partial charge on any atom is -0.399 e. The van der Waals surface area contributed by atoms with Crippen LogP contribution in [-0.4, -0.2) is 9.97 Å². The van der Waals surface area contributed by atoms with Crippen LogP contribution in [0.3, 0.4) is 0 Å². The molecule has 0 fully saturated rings. The Labute approximate surface area is 112 Å². The molecule has 3 N–H and O–H groups in total. The number of benzene rings is 2. The lowest BCUT2D eigenvalue weighted by Gasteiger charge is -2.07. The number of nitrogens with zero attached hydrogens (tertiary/aromatic N) is 1. The number of fused-ring (bicyclic) bond motifs is 1. The Balaban J connectivity index is 2.24. The molecule has 0 aliphatic carbocycles. The van der Waals surface area contributed by atoms with E-state index >= 15 is 0 Å². The molecule has 0 bridgehead atoms. The highest BCUT2D eigenvalue weighted by atomic mass is 14.9. The monoisotopic (exact) mass is 251 g/mol. The molecule has 0 atom stereocenters. The highest BCUT2D eigenvalue weighted by molar-refractivity contribution is 5.81. The predicted molar refractivity (Wildman–Crippen MR) is 80.2 cm³/mol. The van der Waals surface area contributed by atoms with Gasteiger partial charge in [-0.05, 0) is 61.7 Å². The molecule has 0 saturated heterocycles. The Morgan fingerprint density at radius 1 is 1.05 bits per heavy atom. The molecule has 0 saturated carbocycles. The van der Waals surface area contributed by atoms with Crippen molar-refractivity contribution >= 4 is 16.7 Å². The molecule has 1 heterocycles. The smallest absolute Gasteiger partial charge is 0.138 e. The van der Waals surface area contributed by atoms with E-state index in [0.29, 0.717) is 0 Å². The van der Waals surface area contributed by atoms with Gasteiger partial charge in [0.1, 0.15) is 5.82 Å². The number of aromatic nitrogens is 2. The molecular weight excluding hydrogens is 234 g/mol. The van der Waals surface area contributed by atoms with Crippen molar-refractivity contribution in [3.63, 3.8) is 0 Å². The van der Waals surface area contributed by atoms with Crippen molar-refractivity contribution in [1.29, 1.82) is 0 Å². The maximum Gasteiger partial charge on any atom is 0.138 e. The molecule has 0 aliphatic heterocycles. The molecule has 96 valence electrons. The van der Waals surface area contributed by atoms with Gasteiger partial charge in [-0.2, -0.15) is 0 Å². The van der Waals surface area contributed by atoms with Crippen molar-refractivity contribution in [3.05, 3.63) is 47.0 Å². The molecule has 3 heteroatoms. The number of nitrogens with one attached hydrogen (secondary N) is 1. The van der Waals surface area contributed by atoms with E-state index in [1.54, 1.807) is 0 Å². The number of nitrogens with two attached hydrogens (primary N) is 1. The SMILES string of the molecule is Cc1ccc2nc(-c3cc(N)cc(C)c3C)[nH]c2c1. The second-order valence-corrected chi connectivity index (χ2v) is 5.12. The summed E-state index contributed by atoms with van der Waals surface area (Å²) in [4.78, 5) is 8.04. The fourth-order valence-electron chi connectivity index (χ4n) is 2.38. The van der Waals surface area contributed by atoms with Gasteiger partial charge >= 0.3 is 0 Å². The Morgan fingerprint density at radius 3 is 2.63 bits per heavy atom. The highest BCUT2D eigenvalue weighted by Gasteiger charge is 2.10. The molecule has 0 aliphatic rings. The first-order valence-electron chi connectivity index (χ1n) is 6.38. The van der Waals surface area contributed by atoms with Crippen LogP contribution >= 0.6 is 0 Å². The predicted octanol–water partition coefficient (Wildman–Crippen LogP) is 3.74. The number of imidazole rings is 1. The second kappa shape index (κ2) is 4.12. The summed E-state index contributed by atoms with van der Waals surface area (Å²) in [6.07, 6.45) is 0. The number of hydrogen-bond donors (Lipinski definition) is 2. The van der Waals surface area contributed by atoms with Crippen LogP contribution in [0, 0.1) is 20.8 Å². The van der Waals surface area contributed by atoms with Gasteiger partial charge in [0.25, 0.3) is 0 Å². The summed E-state index contributed by atoms with van der Waals surface area (Å²) in [7, 11) is 0. The molecule has 0 spiro atoms. The van der Waals surface area contributed by atoms with E-state index in [-0.39, 0.29) is 0 Å². The van der Waals surface area contributed by atoms with Crippen LogP contribution in [-0.2, 0) is 0 Å². The minimum absolute atomic E-state index is 0.773. The summed E-state index contributed by atoms with van der Waals surface area (Å²) in [6.45, 7) is 6.25. The van der Waals surface area contributed by atoms with E-state index in [1.807, 2.05) is 18.2 Å². The van der Waals surface area contributed by atoms with Gasteiger partial charge in [-0.25, -0.2) is 4.98 Å². The Hall–Kier alpha value is -2.29. The van der Waals surface area contributed by atoms with Gasteiger partial charge in [-0.1, -0.05) is 6.07 Å². The van der Waals surface area contributed by atoms with Gasteiger partial charge in [-0.15, -0.1) is 0 Å². The van der Waals surface area contributed by atoms with Crippen molar-refractivity contribution in [3.8, 4) is 11.4 Å². The molecular formula is C16H17N3. The van der Waals surface area contributed by atoms with E-state index in [4.69, 9.17) is 5.73 Å². The van der Waals surface area contributed by atoms with Crippen LogP contribution in [0.25, 0.3) is 22.4 Å². The Bertz CT molecular complexity index is 769. The van der Waals surface area contributed by atoms with Gasteiger partial charge in [-0.3, -0.25) is 0 Å². The van der Waals surface area contributed by atoms with Crippen LogP contribution in [0.15, 0.2) is 30.3 Å². The fourth-order valence-corrected chi connectivity index (χ4v) is 2.38. The standard InChI is InChI=1S/C16H17N3/c1-9-4-5-14-15(6-9)19-16(18-14)13-8-12(17)7-10(2)11(13)3/h4-8H,17H2,1-3H3,(H,18,19). The molecule has 2 aromatic carbocycles. The average molecular weight is 251 g/mol. The van der Waals surface area contributed by atoms with Crippen molar-refractivity contribution in [2.75, 3.05) is 5.73 Å². The first kappa shape index (κ1) is 11.8. The number of H-pyrrole nitrogens is 1. The quantitative estimate of drug-likeness (QED) is 0.647. The largest absolute Gasteiger partial charge is 0.399 e. The highest BCUT2D eigenvalue weighted by Crippen LogP contribution is 2.28. The number of aryl methyl sites for hydroxylation is 2. The van der Waals surface area contributed by atoms with Crippen LogP contribution in [0.5, 0.6) is 0 Å². The lowest BCUT2D eigenvalue weighted by Crippen LogP contribution is -1.93. The summed E-state index contributed by atoms with van der Waals surface area (Å²) in [5.41, 5.74) is 13.5. The summed E-state index contributed by atoms with van der Waals surface area (Å²) in [5, 5.41) is 0. The third-order valence-electron chi connectivity index (χ3n) is 3.58. The van der Waals surface area contributed by atoms with Gasteiger partial charge in [0.2, 0.25) is 0 Å². The van der Waals surface area contributed by atoms with Crippen molar-refractivity contribution in [1.82, 2.24) is 9.97 Å². The molecule has 19 heavy (non-hydrogen) atoms. The Kier molecular flexibility index (Phi) is 2.56. The fraction of sp³-hybridized carbons (Fsp3) is 0.188. The first-order valence-corrected chi connectivity index (χ1v) is 6.38. The van der Waals surface area contributed by atoms with Crippen molar-refractivity contribution < 1.29 is 0 Å². The number of anilines is 1. The molecule has 0 radical (unpaired) electrons. The summed E-state index contributed by atoms with van der Waals surface area (Å²) >= 11 is 0. The number of hydrogen-bond acceptors (Lipinski definition) is 2. The normalized spacial score (nSPS) is 11.1. The maximum atomic E-state index is 5.94. The minimum atomic E-state index is 0.773. The summed E-state index contributed by atoms with van der Waals surface area (Å²) in [5.74, 6) is 0.883. The number of aromatic amines is 1. The molecule has 0 unspecified atom stereocenters. The number of rotatable bonds is 1. The number of nitrogen functional groups attached to an aromatic ring is 1. The maximum absolute atomic E-state index is 5.94. The zero-order chi connectivity index (χ0) is 13.6. The lowest BCUT2D eigenvalue weighted by atomic mass is 10.0. The molecule has 0 amide bonds. The topological polar surface area (TPSA) is 54.7 Å². The van der Waals surface area contributed by atoms with Gasteiger partial charge in [0.15, 0.2) is 0 Å². The van der Waals surface area contributed by atoms with Crippen LogP contribution in [0.1, 0.15) is 16.7 Å². The Morgan fingerprint density at radius 2 is 1.84 bits per heavy atom. The van der Waals surface area contributed by atoms with Gasteiger partial charge in [0.05, 0.1) is 11.0 Å².